The van der Waals surface area contributed by atoms with Gasteiger partial charge in [-0.15, -0.1) is 0 Å². The molecule has 3 rings (SSSR count). The summed E-state index contributed by atoms with van der Waals surface area (Å²) in [5, 5.41) is 2.67. The number of hydrogen-bond donors (Lipinski definition) is 2. The number of rotatable bonds is 5. The third-order valence-corrected chi connectivity index (χ3v) is 5.23. The Morgan fingerprint density at radius 2 is 1.92 bits per heavy atom. The highest BCUT2D eigenvalue weighted by Gasteiger charge is 2.28. The Morgan fingerprint density at radius 3 is 2.58 bits per heavy atom. The lowest BCUT2D eigenvalue weighted by atomic mass is 10.2. The predicted octanol–water partition coefficient (Wildman–Crippen LogP) is 3.17. The number of amides is 1. The maximum Gasteiger partial charge on any atom is 0.258 e. The number of halogens is 2. The van der Waals surface area contributed by atoms with Gasteiger partial charge in [0.15, 0.2) is 0 Å². The fourth-order valence-electron chi connectivity index (χ4n) is 2.10. The normalized spacial score (nSPS) is 14.4. The van der Waals surface area contributed by atoms with Gasteiger partial charge in [0.25, 0.3) is 5.91 Å². The summed E-state index contributed by atoms with van der Waals surface area (Å²) in [5.74, 6) is -1.44. The molecule has 5 nitrogen and oxygen atoms in total. The van der Waals surface area contributed by atoms with E-state index in [4.69, 9.17) is 11.6 Å². The van der Waals surface area contributed by atoms with E-state index in [0.717, 1.165) is 18.9 Å². The third-order valence-electron chi connectivity index (χ3n) is 3.48. The molecule has 1 saturated carbocycles. The molecule has 2 aromatic rings. The zero-order valence-corrected chi connectivity index (χ0v) is 14.0. The molecule has 0 atom stereocenters. The highest BCUT2D eigenvalue weighted by atomic mass is 35.5. The van der Waals surface area contributed by atoms with Crippen molar-refractivity contribution in [3.63, 3.8) is 0 Å². The summed E-state index contributed by atoms with van der Waals surface area (Å²) >= 11 is 5.65. The van der Waals surface area contributed by atoms with Gasteiger partial charge < -0.3 is 5.32 Å². The van der Waals surface area contributed by atoms with Crippen LogP contribution in [-0.2, 0) is 10.0 Å². The average molecular weight is 369 g/mol. The van der Waals surface area contributed by atoms with Crippen LogP contribution in [0.2, 0.25) is 5.02 Å². The lowest BCUT2D eigenvalue weighted by Gasteiger charge is -2.09. The minimum Gasteiger partial charge on any atom is -0.322 e. The molecule has 0 radical (unpaired) electrons. The van der Waals surface area contributed by atoms with E-state index >= 15 is 0 Å². The molecule has 0 aliphatic heterocycles. The fraction of sp³-hybridized carbons (Fsp3) is 0.188. The number of nitrogens with one attached hydrogen (secondary N) is 2. The molecule has 2 N–H and O–H groups in total. The van der Waals surface area contributed by atoms with Crippen LogP contribution in [0.4, 0.5) is 10.1 Å². The molecule has 1 aliphatic carbocycles. The number of sulfonamides is 1. The van der Waals surface area contributed by atoms with Crippen molar-refractivity contribution in [2.45, 2.75) is 23.8 Å². The Labute approximate surface area is 143 Å². The zero-order chi connectivity index (χ0) is 17.3. The maximum atomic E-state index is 13.8. The van der Waals surface area contributed by atoms with E-state index in [1.54, 1.807) is 0 Å². The number of carbonyl (C=O) groups is 1. The van der Waals surface area contributed by atoms with Crippen LogP contribution in [0.1, 0.15) is 23.2 Å². The monoisotopic (exact) mass is 368 g/mol. The second kappa shape index (κ2) is 6.51. The van der Waals surface area contributed by atoms with Gasteiger partial charge in [0, 0.05) is 16.8 Å². The Bertz CT molecular complexity index is 898. The first-order chi connectivity index (χ1) is 11.3. The predicted molar refractivity (Wildman–Crippen MR) is 89.1 cm³/mol. The maximum absolute atomic E-state index is 13.8. The van der Waals surface area contributed by atoms with Crippen molar-refractivity contribution >= 4 is 33.2 Å². The summed E-state index contributed by atoms with van der Waals surface area (Å²) in [4.78, 5) is 12.2. The van der Waals surface area contributed by atoms with Crippen LogP contribution in [0.5, 0.6) is 0 Å². The van der Waals surface area contributed by atoms with Crippen molar-refractivity contribution in [1.29, 1.82) is 0 Å². The third kappa shape index (κ3) is 3.92. The van der Waals surface area contributed by atoms with E-state index in [1.807, 2.05) is 0 Å². The summed E-state index contributed by atoms with van der Waals surface area (Å²) in [5.41, 5.74) is 0.0804. The van der Waals surface area contributed by atoms with Gasteiger partial charge in [-0.1, -0.05) is 17.7 Å². The van der Waals surface area contributed by atoms with Crippen molar-refractivity contribution in [1.82, 2.24) is 4.72 Å². The number of hydrogen-bond acceptors (Lipinski definition) is 3. The number of benzene rings is 2. The van der Waals surface area contributed by atoms with E-state index in [-0.39, 0.29) is 27.2 Å². The minimum atomic E-state index is -3.63. The van der Waals surface area contributed by atoms with Crippen LogP contribution < -0.4 is 10.0 Å². The quantitative estimate of drug-likeness (QED) is 0.851. The van der Waals surface area contributed by atoms with E-state index in [1.165, 1.54) is 36.4 Å². The Hall–Kier alpha value is -1.96. The van der Waals surface area contributed by atoms with Gasteiger partial charge in [-0.05, 0) is 49.2 Å². The summed E-state index contributed by atoms with van der Waals surface area (Å²) in [6.45, 7) is 0. The molecule has 0 aromatic heterocycles. The molecule has 0 saturated heterocycles. The number of carbonyl (C=O) groups excluding carboxylic acids is 1. The first-order valence-electron chi connectivity index (χ1n) is 7.24. The molecule has 24 heavy (non-hydrogen) atoms. The van der Waals surface area contributed by atoms with Crippen molar-refractivity contribution < 1.29 is 17.6 Å². The molecule has 8 heteroatoms. The zero-order valence-electron chi connectivity index (χ0n) is 12.4. The molecule has 1 fully saturated rings. The molecule has 0 unspecified atom stereocenters. The Balaban J connectivity index is 1.80. The van der Waals surface area contributed by atoms with E-state index in [2.05, 4.69) is 10.0 Å². The van der Waals surface area contributed by atoms with Crippen LogP contribution >= 0.6 is 11.6 Å². The number of anilines is 1. The Kier molecular flexibility index (Phi) is 4.58. The molecular formula is C16H14ClFN2O3S. The molecule has 0 bridgehead atoms. The van der Waals surface area contributed by atoms with Crippen LogP contribution in [-0.4, -0.2) is 20.4 Å². The molecule has 2 aromatic carbocycles. The standard InChI is InChI=1S/C16H14ClFN2O3S/c17-10-4-7-14(15(18)8-10)16(21)19-12-2-1-3-13(9-12)24(22,23)20-11-5-6-11/h1-4,7-9,11,20H,5-6H2,(H,19,21). The minimum absolute atomic E-state index is 0.0172. The lowest BCUT2D eigenvalue weighted by Crippen LogP contribution is -2.25. The van der Waals surface area contributed by atoms with Crippen LogP contribution in [0.25, 0.3) is 0 Å². The summed E-state index contributed by atoms with van der Waals surface area (Å²) in [7, 11) is -3.63. The topological polar surface area (TPSA) is 75.3 Å². The van der Waals surface area contributed by atoms with Crippen molar-refractivity contribution in [3.05, 3.63) is 58.9 Å². The van der Waals surface area contributed by atoms with Crippen LogP contribution in [0.15, 0.2) is 47.4 Å². The van der Waals surface area contributed by atoms with E-state index in [9.17, 15) is 17.6 Å². The largest absolute Gasteiger partial charge is 0.322 e. The molecule has 1 aliphatic rings. The van der Waals surface area contributed by atoms with Gasteiger partial charge in [0.2, 0.25) is 10.0 Å². The molecule has 126 valence electrons. The second-order valence-electron chi connectivity index (χ2n) is 5.50. The molecule has 1 amide bonds. The highest BCUT2D eigenvalue weighted by molar-refractivity contribution is 7.89. The van der Waals surface area contributed by atoms with Gasteiger partial charge in [-0.3, -0.25) is 4.79 Å². The van der Waals surface area contributed by atoms with Gasteiger partial charge in [0.1, 0.15) is 5.82 Å². The summed E-state index contributed by atoms with van der Waals surface area (Å²) < 4.78 is 40.7. The summed E-state index contributed by atoms with van der Waals surface area (Å²) in [6, 6.07) is 9.49. The van der Waals surface area contributed by atoms with Gasteiger partial charge in [-0.25, -0.2) is 17.5 Å². The van der Waals surface area contributed by atoms with Crippen molar-refractivity contribution in [3.8, 4) is 0 Å². The summed E-state index contributed by atoms with van der Waals surface area (Å²) in [6.07, 6.45) is 1.65. The molecule has 0 heterocycles. The lowest BCUT2D eigenvalue weighted by molar-refractivity contribution is 0.102. The fourth-order valence-corrected chi connectivity index (χ4v) is 3.61. The average Bonchev–Trinajstić information content (AvgIpc) is 3.30. The second-order valence-corrected chi connectivity index (χ2v) is 7.65. The smallest absolute Gasteiger partial charge is 0.258 e. The Morgan fingerprint density at radius 1 is 1.17 bits per heavy atom. The SMILES string of the molecule is O=C(Nc1cccc(S(=O)(=O)NC2CC2)c1)c1ccc(Cl)cc1F. The van der Waals surface area contributed by atoms with Crippen LogP contribution in [0.3, 0.4) is 0 Å². The van der Waals surface area contributed by atoms with Crippen LogP contribution in [0, 0.1) is 5.82 Å². The van der Waals surface area contributed by atoms with E-state index in [0.29, 0.717) is 0 Å². The van der Waals surface area contributed by atoms with Crippen molar-refractivity contribution in [2.75, 3.05) is 5.32 Å². The van der Waals surface area contributed by atoms with Crippen molar-refractivity contribution in [2.24, 2.45) is 0 Å². The van der Waals surface area contributed by atoms with Gasteiger partial charge in [0.05, 0.1) is 10.5 Å². The first kappa shape index (κ1) is 16.9. The molecule has 0 spiro atoms. The first-order valence-corrected chi connectivity index (χ1v) is 9.10. The van der Waals surface area contributed by atoms with Gasteiger partial charge >= 0.3 is 0 Å². The van der Waals surface area contributed by atoms with Gasteiger partial charge in [-0.2, -0.15) is 0 Å². The van der Waals surface area contributed by atoms with E-state index < -0.39 is 21.7 Å². The molecular weight excluding hydrogens is 355 g/mol. The highest BCUT2D eigenvalue weighted by Crippen LogP contribution is 2.23.